The van der Waals surface area contributed by atoms with Crippen LogP contribution in [0, 0.1) is 5.92 Å². The van der Waals surface area contributed by atoms with Gasteiger partial charge >= 0.3 is 0 Å². The van der Waals surface area contributed by atoms with E-state index in [4.69, 9.17) is 9.76 Å². The van der Waals surface area contributed by atoms with Crippen molar-refractivity contribution in [2.45, 2.75) is 62.7 Å². The maximum absolute atomic E-state index is 10.8. The van der Waals surface area contributed by atoms with Crippen LogP contribution in [0.1, 0.15) is 68.9 Å². The smallest absolute Gasteiger partial charge is 0.294 e. The molecule has 8 heteroatoms. The second-order valence-electron chi connectivity index (χ2n) is 11.7. The van der Waals surface area contributed by atoms with Gasteiger partial charge in [-0.15, -0.1) is 0 Å². The first-order valence-electron chi connectivity index (χ1n) is 15.8. The Morgan fingerprint density at radius 3 is 2.00 bits per heavy atom. The molecule has 1 fully saturated rings. The van der Waals surface area contributed by atoms with Crippen molar-refractivity contribution in [2.24, 2.45) is 16.1 Å². The monoisotopic (exact) mass is 627 g/mol. The molecule has 0 saturated carbocycles. The van der Waals surface area contributed by atoms with Gasteiger partial charge in [0.05, 0.1) is 16.9 Å². The molecule has 4 aromatic rings. The van der Waals surface area contributed by atoms with Crippen LogP contribution in [-0.2, 0) is 10.1 Å². The van der Waals surface area contributed by atoms with Gasteiger partial charge in [0.2, 0.25) is 0 Å². The Morgan fingerprint density at radius 2 is 1.40 bits per heavy atom. The molecule has 238 valence electrons. The predicted octanol–water partition coefficient (Wildman–Crippen LogP) is 8.45. The molecule has 7 nitrogen and oxygen atoms in total. The highest BCUT2D eigenvalue weighted by Crippen LogP contribution is 2.37. The molecule has 0 radical (unpaired) electrons. The highest BCUT2D eigenvalue weighted by Gasteiger charge is 2.28. The third-order valence-electron chi connectivity index (χ3n) is 8.37. The molecule has 1 heterocycles. The van der Waals surface area contributed by atoms with Crippen molar-refractivity contribution < 1.29 is 18.2 Å². The van der Waals surface area contributed by atoms with Crippen LogP contribution in [0.25, 0.3) is 10.8 Å². The number of hydrogen-bond donors (Lipinski definition) is 2. The number of hydrogen-bond acceptors (Lipinski definition) is 5. The quantitative estimate of drug-likeness (QED) is 0.0410. The molecule has 0 unspecified atom stereocenters. The van der Waals surface area contributed by atoms with E-state index in [1.54, 1.807) is 12.1 Å². The van der Waals surface area contributed by atoms with Crippen molar-refractivity contribution >= 4 is 32.9 Å². The molecule has 1 aliphatic rings. The van der Waals surface area contributed by atoms with Crippen LogP contribution in [0.3, 0.4) is 0 Å². The van der Waals surface area contributed by atoms with E-state index < -0.39 is 10.1 Å². The van der Waals surface area contributed by atoms with Crippen LogP contribution in [0.2, 0.25) is 0 Å². The Kier molecular flexibility index (Phi) is 13.2. The standard InChI is InChI=1S/C27H37N3O.C10H8O3S/c1-23(29-31)12-6-2-3-11-19-28-22-30-20-17-26(18-21-30)27(24-13-7-4-8-14-24)25-15-9-5-10-16-25;11-14(12,13)10-6-5-8-3-1-2-4-9(8)7-10/h4-5,7-10,13-16,22,26-27,31H,2-3,6,11-12,17-21H2,1H3;1-7H,(H,11,12,13)/b28-22?,29-23-;. The summed E-state index contributed by atoms with van der Waals surface area (Å²) in [6.07, 6.45) is 9.96. The van der Waals surface area contributed by atoms with E-state index in [0.717, 1.165) is 55.4 Å². The van der Waals surface area contributed by atoms with Gasteiger partial charge in [0.15, 0.2) is 0 Å². The zero-order valence-corrected chi connectivity index (χ0v) is 26.9. The summed E-state index contributed by atoms with van der Waals surface area (Å²) >= 11 is 0. The number of nitrogens with zero attached hydrogens (tertiary/aromatic N) is 3. The highest BCUT2D eigenvalue weighted by atomic mass is 32.2. The molecule has 0 spiro atoms. The summed E-state index contributed by atoms with van der Waals surface area (Å²) in [4.78, 5) is 6.99. The van der Waals surface area contributed by atoms with Gasteiger partial charge in [-0.05, 0) is 79.0 Å². The highest BCUT2D eigenvalue weighted by molar-refractivity contribution is 7.85. The molecule has 0 atom stereocenters. The van der Waals surface area contributed by atoms with E-state index in [2.05, 4.69) is 82.1 Å². The van der Waals surface area contributed by atoms with E-state index in [1.807, 2.05) is 25.1 Å². The van der Waals surface area contributed by atoms with Crippen molar-refractivity contribution in [3.8, 4) is 0 Å². The summed E-state index contributed by atoms with van der Waals surface area (Å²) in [5, 5.41) is 13.6. The summed E-state index contributed by atoms with van der Waals surface area (Å²) in [7, 11) is -4.09. The number of aliphatic imine (C=N–C) groups is 1. The second kappa shape index (κ2) is 17.5. The second-order valence-corrected chi connectivity index (χ2v) is 13.1. The first-order chi connectivity index (χ1) is 21.8. The SMILES string of the molecule is C/C(CCCCCCN=CN1CCC(C(c2ccccc2)c2ccccc2)CC1)=N/O.O=S(=O)(O)c1ccc2ccccc2c1. The normalized spacial score (nSPS) is 14.6. The fourth-order valence-corrected chi connectivity index (χ4v) is 6.43. The minimum atomic E-state index is -4.09. The van der Waals surface area contributed by atoms with E-state index >= 15 is 0 Å². The van der Waals surface area contributed by atoms with Crippen LogP contribution in [0.4, 0.5) is 0 Å². The molecule has 1 aliphatic heterocycles. The van der Waals surface area contributed by atoms with Gasteiger partial charge in [-0.1, -0.05) is 109 Å². The maximum Gasteiger partial charge on any atom is 0.294 e. The van der Waals surface area contributed by atoms with Crippen molar-refractivity contribution in [3.63, 3.8) is 0 Å². The molecule has 4 aromatic carbocycles. The lowest BCUT2D eigenvalue weighted by Crippen LogP contribution is -2.35. The van der Waals surface area contributed by atoms with Crippen LogP contribution in [0.5, 0.6) is 0 Å². The van der Waals surface area contributed by atoms with Crippen molar-refractivity contribution in [3.05, 3.63) is 114 Å². The first kappa shape index (κ1) is 33.9. The van der Waals surface area contributed by atoms with Gasteiger partial charge in [0.1, 0.15) is 0 Å². The Morgan fingerprint density at radius 1 is 0.822 bits per heavy atom. The van der Waals surface area contributed by atoms with E-state index in [0.29, 0.717) is 11.8 Å². The van der Waals surface area contributed by atoms with Gasteiger partial charge in [-0.2, -0.15) is 8.42 Å². The number of oxime groups is 1. The van der Waals surface area contributed by atoms with Crippen LogP contribution in [0.15, 0.2) is 118 Å². The Labute approximate surface area is 268 Å². The maximum atomic E-state index is 10.8. The third kappa shape index (κ3) is 10.8. The average molecular weight is 628 g/mol. The molecule has 0 aromatic heterocycles. The summed E-state index contributed by atoms with van der Waals surface area (Å²) < 4.78 is 30.5. The Hall–Kier alpha value is -4.01. The zero-order chi connectivity index (χ0) is 31.9. The molecular formula is C37H45N3O4S. The lowest BCUT2D eigenvalue weighted by atomic mass is 9.76. The fourth-order valence-electron chi connectivity index (χ4n) is 5.91. The topological polar surface area (TPSA) is 103 Å². The fraction of sp³-hybridized carbons (Fsp3) is 0.351. The number of likely N-dealkylation sites (tertiary alicyclic amines) is 1. The van der Waals surface area contributed by atoms with Gasteiger partial charge in [-0.25, -0.2) is 0 Å². The molecule has 5 rings (SSSR count). The number of rotatable bonds is 12. The van der Waals surface area contributed by atoms with Gasteiger partial charge in [-0.3, -0.25) is 9.55 Å². The predicted molar refractivity (Wildman–Crippen MR) is 184 cm³/mol. The summed E-state index contributed by atoms with van der Waals surface area (Å²) in [6.45, 7) is 4.95. The van der Waals surface area contributed by atoms with Gasteiger partial charge in [0, 0.05) is 25.6 Å². The largest absolute Gasteiger partial charge is 0.411 e. The van der Waals surface area contributed by atoms with Crippen molar-refractivity contribution in [1.82, 2.24) is 4.90 Å². The summed E-state index contributed by atoms with van der Waals surface area (Å²) in [5.74, 6) is 1.14. The number of benzene rings is 4. The Balaban J connectivity index is 0.000000273. The first-order valence-corrected chi connectivity index (χ1v) is 17.3. The zero-order valence-electron chi connectivity index (χ0n) is 26.1. The van der Waals surface area contributed by atoms with Crippen LogP contribution < -0.4 is 0 Å². The van der Waals surface area contributed by atoms with Crippen molar-refractivity contribution in [1.29, 1.82) is 0 Å². The number of unbranched alkanes of at least 4 members (excludes halogenated alkanes) is 3. The molecule has 0 aliphatic carbocycles. The van der Waals surface area contributed by atoms with Crippen LogP contribution >= 0.6 is 0 Å². The number of fused-ring (bicyclic) bond motifs is 1. The number of piperidine rings is 1. The van der Waals surface area contributed by atoms with E-state index in [-0.39, 0.29) is 4.90 Å². The lowest BCUT2D eigenvalue weighted by molar-refractivity contribution is 0.254. The molecule has 1 saturated heterocycles. The van der Waals surface area contributed by atoms with E-state index in [1.165, 1.54) is 48.9 Å². The van der Waals surface area contributed by atoms with Gasteiger partial charge < -0.3 is 10.1 Å². The third-order valence-corrected chi connectivity index (χ3v) is 9.22. The Bertz CT molecular complexity index is 1580. The molecule has 0 amide bonds. The lowest BCUT2D eigenvalue weighted by Gasteiger charge is -2.36. The molecule has 45 heavy (non-hydrogen) atoms. The average Bonchev–Trinajstić information content (AvgIpc) is 3.07. The molecule has 0 bridgehead atoms. The van der Waals surface area contributed by atoms with E-state index in [9.17, 15) is 8.42 Å². The molecule has 2 N–H and O–H groups in total. The van der Waals surface area contributed by atoms with Crippen LogP contribution in [-0.4, -0.2) is 54.8 Å². The minimum absolute atomic E-state index is 0.0730. The van der Waals surface area contributed by atoms with Gasteiger partial charge in [0.25, 0.3) is 10.1 Å². The summed E-state index contributed by atoms with van der Waals surface area (Å²) in [5.41, 5.74) is 3.69. The summed E-state index contributed by atoms with van der Waals surface area (Å²) in [6, 6.07) is 33.8. The molecular weight excluding hydrogens is 582 g/mol. The minimum Gasteiger partial charge on any atom is -0.411 e. The van der Waals surface area contributed by atoms with Crippen molar-refractivity contribution in [2.75, 3.05) is 19.6 Å².